The number of alkyl halides is 1. The van der Waals surface area contributed by atoms with Crippen LogP contribution in [0.4, 0.5) is 4.39 Å². The summed E-state index contributed by atoms with van der Waals surface area (Å²) in [5, 5.41) is 7.07. The van der Waals surface area contributed by atoms with Gasteiger partial charge in [0.15, 0.2) is 17.8 Å². The molecule has 0 saturated heterocycles. The van der Waals surface area contributed by atoms with E-state index in [1.165, 1.54) is 12.7 Å². The molecule has 2 heterocycles. The number of ether oxygens (including phenoxy) is 1. The molecular weight excluding hydrogens is 376 g/mol. The van der Waals surface area contributed by atoms with E-state index in [2.05, 4.69) is 20.4 Å². The highest BCUT2D eigenvalue weighted by Crippen LogP contribution is 2.31. The number of nitrogens with one attached hydrogen (secondary N) is 1. The Bertz CT molecular complexity index is 885. The van der Waals surface area contributed by atoms with Crippen LogP contribution in [0.25, 0.3) is 11.3 Å². The van der Waals surface area contributed by atoms with Gasteiger partial charge >= 0.3 is 0 Å². The van der Waals surface area contributed by atoms with Gasteiger partial charge < -0.3 is 14.5 Å². The molecule has 0 aliphatic carbocycles. The highest BCUT2D eigenvalue weighted by Gasteiger charge is 2.19. The maximum Gasteiger partial charge on any atom is 0.273 e. The Labute approximate surface area is 159 Å². The van der Waals surface area contributed by atoms with Gasteiger partial charge in [-0.15, -0.1) is 0 Å². The lowest BCUT2D eigenvalue weighted by atomic mass is 10.1. The summed E-state index contributed by atoms with van der Waals surface area (Å²) >= 11 is 6.14. The normalized spacial score (nSPS) is 10.7. The number of hydrogen-bond donors (Lipinski definition) is 1. The van der Waals surface area contributed by atoms with Gasteiger partial charge in [0, 0.05) is 18.7 Å². The molecule has 0 saturated carbocycles. The van der Waals surface area contributed by atoms with Gasteiger partial charge in [0.25, 0.3) is 5.91 Å². The highest BCUT2D eigenvalue weighted by atomic mass is 35.5. The summed E-state index contributed by atoms with van der Waals surface area (Å²) in [4.78, 5) is 20.2. The van der Waals surface area contributed by atoms with Crippen molar-refractivity contribution in [1.82, 2.24) is 25.1 Å². The highest BCUT2D eigenvalue weighted by molar-refractivity contribution is 6.32. The largest absolute Gasteiger partial charge is 0.489 e. The minimum absolute atomic E-state index is 0.0797. The van der Waals surface area contributed by atoms with Crippen molar-refractivity contribution in [3.8, 4) is 17.1 Å². The maximum atomic E-state index is 12.4. The number of benzene rings is 1. The van der Waals surface area contributed by atoms with Crippen LogP contribution in [0, 0.1) is 0 Å². The van der Waals surface area contributed by atoms with Crippen molar-refractivity contribution in [2.75, 3.05) is 19.8 Å². The number of carbonyl (C=O) groups excluding carboxylic acids is 1. The smallest absolute Gasteiger partial charge is 0.273 e. The minimum Gasteiger partial charge on any atom is -0.489 e. The van der Waals surface area contributed by atoms with Gasteiger partial charge in [-0.05, 0) is 24.6 Å². The number of halogens is 2. The molecule has 1 amide bonds. The van der Waals surface area contributed by atoms with Crippen molar-refractivity contribution >= 4 is 17.5 Å². The van der Waals surface area contributed by atoms with Crippen LogP contribution in [0.2, 0.25) is 5.02 Å². The van der Waals surface area contributed by atoms with Crippen molar-refractivity contribution in [1.29, 1.82) is 0 Å². The Kier molecular flexibility index (Phi) is 6.37. The van der Waals surface area contributed by atoms with Gasteiger partial charge in [-0.25, -0.2) is 14.4 Å². The topological polar surface area (TPSA) is 95.1 Å². The third-order valence-corrected chi connectivity index (χ3v) is 3.92. The van der Waals surface area contributed by atoms with E-state index in [4.69, 9.17) is 20.8 Å². The van der Waals surface area contributed by atoms with Crippen LogP contribution in [-0.2, 0) is 6.54 Å². The Balaban J connectivity index is 1.62. The van der Waals surface area contributed by atoms with Crippen LogP contribution >= 0.6 is 11.6 Å². The monoisotopic (exact) mass is 392 g/mol. The Hall–Kier alpha value is -2.94. The molecule has 8 nitrogen and oxygen atoms in total. The summed E-state index contributed by atoms with van der Waals surface area (Å²) in [7, 11) is 0. The first kappa shape index (κ1) is 18.8. The molecule has 0 fully saturated rings. The van der Waals surface area contributed by atoms with Crippen LogP contribution in [0.5, 0.6) is 5.75 Å². The molecule has 0 aliphatic rings. The number of amides is 1. The summed E-state index contributed by atoms with van der Waals surface area (Å²) in [6.07, 6.45) is 4.96. The predicted octanol–water partition coefficient (Wildman–Crippen LogP) is 2.75. The van der Waals surface area contributed by atoms with Gasteiger partial charge in [-0.3, -0.25) is 9.48 Å². The third kappa shape index (κ3) is 4.82. The lowest BCUT2D eigenvalue weighted by Gasteiger charge is -2.08. The van der Waals surface area contributed by atoms with E-state index in [1.54, 1.807) is 29.2 Å². The zero-order valence-corrected chi connectivity index (χ0v) is 15.0. The molecule has 10 heteroatoms. The molecule has 3 aromatic rings. The van der Waals surface area contributed by atoms with E-state index in [1.807, 2.05) is 0 Å². The van der Waals surface area contributed by atoms with Gasteiger partial charge in [-0.2, -0.15) is 5.10 Å². The van der Waals surface area contributed by atoms with Crippen LogP contribution in [-0.4, -0.2) is 45.5 Å². The molecule has 2 aromatic heterocycles. The number of aryl methyl sites for hydroxylation is 1. The second kappa shape index (κ2) is 9.13. The number of nitrogens with zero attached hydrogens (tertiary/aromatic N) is 4. The number of rotatable bonds is 9. The molecule has 27 heavy (non-hydrogen) atoms. The van der Waals surface area contributed by atoms with Crippen LogP contribution in [0.3, 0.4) is 0 Å². The van der Waals surface area contributed by atoms with Gasteiger partial charge in [0.05, 0.1) is 5.02 Å². The maximum absolute atomic E-state index is 12.4. The summed E-state index contributed by atoms with van der Waals surface area (Å²) in [6, 6.07) is 4.84. The SMILES string of the molecule is O=C(NCCCn1cncn1)c1ncoc1-c1ccc(OCC[18F])c(Cl)c1. The van der Waals surface area contributed by atoms with Crippen molar-refractivity contribution in [2.24, 2.45) is 0 Å². The molecule has 1 N–H and O–H groups in total. The first-order chi connectivity index (χ1) is 13.2. The average Bonchev–Trinajstić information content (AvgIpc) is 3.36. The van der Waals surface area contributed by atoms with Crippen molar-refractivity contribution in [2.45, 2.75) is 13.0 Å². The summed E-state index contributed by atoms with van der Waals surface area (Å²) in [6.45, 7) is 0.398. The van der Waals surface area contributed by atoms with Crippen molar-refractivity contribution in [3.63, 3.8) is 0 Å². The van der Waals surface area contributed by atoms with Crippen LogP contribution in [0.15, 0.2) is 41.7 Å². The third-order valence-electron chi connectivity index (χ3n) is 3.63. The van der Waals surface area contributed by atoms with Crippen molar-refractivity contribution in [3.05, 3.63) is 48.0 Å². The molecular formula is C17H17ClFN5O3. The predicted molar refractivity (Wildman–Crippen MR) is 95.4 cm³/mol. The summed E-state index contributed by atoms with van der Waals surface area (Å²) in [5.74, 6) is 0.297. The molecule has 0 spiro atoms. The first-order valence-corrected chi connectivity index (χ1v) is 8.59. The molecule has 1 aromatic carbocycles. The molecule has 0 aliphatic heterocycles. The minimum atomic E-state index is -0.610. The van der Waals surface area contributed by atoms with E-state index in [0.717, 1.165) is 0 Å². The molecule has 3 rings (SSSR count). The number of hydrogen-bond acceptors (Lipinski definition) is 6. The van der Waals surface area contributed by atoms with E-state index in [-0.39, 0.29) is 23.2 Å². The van der Waals surface area contributed by atoms with E-state index in [9.17, 15) is 9.18 Å². The van der Waals surface area contributed by atoms with E-state index < -0.39 is 6.67 Å². The van der Waals surface area contributed by atoms with Gasteiger partial charge in [-0.1, -0.05) is 11.6 Å². The fourth-order valence-corrected chi connectivity index (χ4v) is 2.63. The quantitative estimate of drug-likeness (QED) is 0.562. The standard InChI is InChI=1S/C17H17ClFN5O3/c18-13-8-12(2-3-14(13)26-7-4-19)16-15(22-11-27-16)17(25)21-5-1-6-24-10-20-9-23-24/h2-3,8-11H,1,4-7H2,(H,21,25)/i19-1. The second-order valence-electron chi connectivity index (χ2n) is 5.48. The molecule has 0 atom stereocenters. The second-order valence-corrected chi connectivity index (χ2v) is 5.89. The zero-order chi connectivity index (χ0) is 19.1. The summed E-state index contributed by atoms with van der Waals surface area (Å²) < 4.78 is 24.4. The Morgan fingerprint density at radius 3 is 3.04 bits per heavy atom. The summed E-state index contributed by atoms with van der Waals surface area (Å²) in [5.41, 5.74) is 0.724. The molecule has 0 radical (unpaired) electrons. The fourth-order valence-electron chi connectivity index (χ4n) is 2.40. The molecule has 0 unspecified atom stereocenters. The van der Waals surface area contributed by atoms with Gasteiger partial charge in [0.1, 0.15) is 31.7 Å². The first-order valence-electron chi connectivity index (χ1n) is 8.22. The van der Waals surface area contributed by atoms with Gasteiger partial charge in [0.2, 0.25) is 0 Å². The fraction of sp³-hybridized carbons (Fsp3) is 0.294. The van der Waals surface area contributed by atoms with Crippen LogP contribution in [0.1, 0.15) is 16.9 Å². The lowest BCUT2D eigenvalue weighted by Crippen LogP contribution is -2.26. The number of oxazole rings is 1. The van der Waals surface area contributed by atoms with Crippen LogP contribution < -0.4 is 10.1 Å². The number of aromatic nitrogens is 4. The molecule has 0 bridgehead atoms. The average molecular weight is 393 g/mol. The Morgan fingerprint density at radius 2 is 2.30 bits per heavy atom. The Morgan fingerprint density at radius 1 is 1.41 bits per heavy atom. The zero-order valence-electron chi connectivity index (χ0n) is 14.3. The molecule has 142 valence electrons. The van der Waals surface area contributed by atoms with E-state index in [0.29, 0.717) is 36.6 Å². The number of carbonyl (C=O) groups is 1. The lowest BCUT2D eigenvalue weighted by molar-refractivity contribution is 0.0948. The van der Waals surface area contributed by atoms with E-state index >= 15 is 0 Å². The van der Waals surface area contributed by atoms with Crippen molar-refractivity contribution < 1.29 is 18.3 Å².